The number of hydrogen-bond donors (Lipinski definition) is 1. The van der Waals surface area contributed by atoms with Gasteiger partial charge in [-0.1, -0.05) is 12.8 Å². The van der Waals surface area contributed by atoms with Crippen molar-refractivity contribution in [3.05, 3.63) is 54.0 Å². The SMILES string of the molecule is O=C(Nc1ccc(C(=O)N2CCC[C@H]3CCCC[C@@H]32)cc1)c1ccoc1. The van der Waals surface area contributed by atoms with Crippen LogP contribution < -0.4 is 5.32 Å². The van der Waals surface area contributed by atoms with E-state index in [1.54, 1.807) is 30.3 Å². The van der Waals surface area contributed by atoms with Gasteiger partial charge in [-0.2, -0.15) is 0 Å². The number of likely N-dealkylation sites (tertiary alicyclic amines) is 1. The largest absolute Gasteiger partial charge is 0.472 e. The number of hydrogen-bond acceptors (Lipinski definition) is 3. The predicted molar refractivity (Wildman–Crippen MR) is 99.1 cm³/mol. The summed E-state index contributed by atoms with van der Waals surface area (Å²) in [6, 6.07) is 9.20. The minimum absolute atomic E-state index is 0.120. The van der Waals surface area contributed by atoms with Crippen LogP contribution in [0.3, 0.4) is 0 Å². The highest BCUT2D eigenvalue weighted by atomic mass is 16.3. The Morgan fingerprint density at radius 2 is 1.73 bits per heavy atom. The van der Waals surface area contributed by atoms with E-state index in [4.69, 9.17) is 4.42 Å². The van der Waals surface area contributed by atoms with Crippen molar-refractivity contribution in [3.8, 4) is 0 Å². The summed E-state index contributed by atoms with van der Waals surface area (Å²) in [5.41, 5.74) is 1.83. The van der Waals surface area contributed by atoms with Crippen molar-refractivity contribution in [2.75, 3.05) is 11.9 Å². The average Bonchev–Trinajstić information content (AvgIpc) is 3.23. The molecule has 2 fully saturated rings. The Balaban J connectivity index is 1.44. The molecule has 0 radical (unpaired) electrons. The van der Waals surface area contributed by atoms with Gasteiger partial charge in [-0.05, 0) is 61.9 Å². The number of furan rings is 1. The van der Waals surface area contributed by atoms with Crippen molar-refractivity contribution in [2.45, 2.75) is 44.6 Å². The van der Waals surface area contributed by atoms with E-state index in [0.717, 1.165) is 19.4 Å². The lowest BCUT2D eigenvalue weighted by atomic mass is 9.78. The number of fused-ring (bicyclic) bond motifs is 1. The van der Waals surface area contributed by atoms with Crippen LogP contribution in [0, 0.1) is 5.92 Å². The maximum absolute atomic E-state index is 13.0. The molecule has 1 aliphatic heterocycles. The molecule has 1 aliphatic carbocycles. The Morgan fingerprint density at radius 1 is 0.962 bits per heavy atom. The zero-order valence-corrected chi connectivity index (χ0v) is 14.8. The van der Waals surface area contributed by atoms with Crippen LogP contribution in [-0.4, -0.2) is 29.3 Å². The molecule has 5 heteroatoms. The minimum atomic E-state index is -0.223. The van der Waals surface area contributed by atoms with Gasteiger partial charge in [0, 0.05) is 23.8 Å². The van der Waals surface area contributed by atoms with Gasteiger partial charge in [0.2, 0.25) is 0 Å². The van der Waals surface area contributed by atoms with Gasteiger partial charge >= 0.3 is 0 Å². The molecule has 26 heavy (non-hydrogen) atoms. The van der Waals surface area contributed by atoms with Crippen LogP contribution in [-0.2, 0) is 0 Å². The highest BCUT2D eigenvalue weighted by Gasteiger charge is 2.35. The standard InChI is InChI=1S/C21H24N2O3/c24-20(17-11-13-26-14-17)22-18-9-7-16(8-10-18)21(25)23-12-3-5-15-4-1-2-6-19(15)23/h7-11,13-15,19H,1-6,12H2,(H,22,24)/t15-,19+/m1/s1. The van der Waals surface area contributed by atoms with Gasteiger partial charge < -0.3 is 14.6 Å². The monoisotopic (exact) mass is 352 g/mol. The van der Waals surface area contributed by atoms with Crippen molar-refractivity contribution >= 4 is 17.5 Å². The second kappa shape index (κ2) is 7.36. The maximum Gasteiger partial charge on any atom is 0.258 e. The summed E-state index contributed by atoms with van der Waals surface area (Å²) in [7, 11) is 0. The number of carbonyl (C=O) groups excluding carboxylic acids is 2. The highest BCUT2D eigenvalue weighted by Crippen LogP contribution is 2.36. The third kappa shape index (κ3) is 3.39. The lowest BCUT2D eigenvalue weighted by Gasteiger charge is -2.44. The molecular weight excluding hydrogens is 328 g/mol. The fourth-order valence-electron chi connectivity index (χ4n) is 4.34. The van der Waals surface area contributed by atoms with E-state index >= 15 is 0 Å². The zero-order chi connectivity index (χ0) is 17.9. The lowest BCUT2D eigenvalue weighted by molar-refractivity contribution is 0.0390. The van der Waals surface area contributed by atoms with Gasteiger partial charge in [-0.3, -0.25) is 9.59 Å². The lowest BCUT2D eigenvalue weighted by Crippen LogP contribution is -2.49. The van der Waals surface area contributed by atoms with Crippen molar-refractivity contribution in [2.24, 2.45) is 5.92 Å². The number of benzene rings is 1. The molecule has 2 heterocycles. The first kappa shape index (κ1) is 16.9. The molecule has 0 bridgehead atoms. The molecular formula is C21H24N2O3. The summed E-state index contributed by atoms with van der Waals surface area (Å²) in [4.78, 5) is 27.1. The van der Waals surface area contributed by atoms with Crippen LogP contribution in [0.15, 0.2) is 47.3 Å². The van der Waals surface area contributed by atoms with Crippen LogP contribution >= 0.6 is 0 Å². The Labute approximate surface area is 153 Å². The van der Waals surface area contributed by atoms with E-state index in [0.29, 0.717) is 28.8 Å². The average molecular weight is 352 g/mol. The van der Waals surface area contributed by atoms with E-state index in [1.807, 2.05) is 0 Å². The second-order valence-corrected chi connectivity index (χ2v) is 7.30. The summed E-state index contributed by atoms with van der Waals surface area (Å²) in [6.07, 6.45) is 10.2. The van der Waals surface area contributed by atoms with Gasteiger partial charge in [-0.15, -0.1) is 0 Å². The number of carbonyl (C=O) groups is 2. The number of amides is 2. The van der Waals surface area contributed by atoms with Crippen molar-refractivity contribution in [1.29, 1.82) is 0 Å². The van der Waals surface area contributed by atoms with Gasteiger partial charge in [0.05, 0.1) is 11.8 Å². The molecule has 2 aliphatic rings. The van der Waals surface area contributed by atoms with E-state index in [1.165, 1.54) is 38.2 Å². The molecule has 1 saturated heterocycles. The van der Waals surface area contributed by atoms with Crippen LogP contribution in [0.1, 0.15) is 59.2 Å². The quantitative estimate of drug-likeness (QED) is 0.894. The molecule has 2 amide bonds. The van der Waals surface area contributed by atoms with E-state index in [9.17, 15) is 9.59 Å². The third-order valence-corrected chi connectivity index (χ3v) is 5.68. The molecule has 2 aromatic rings. The molecule has 5 nitrogen and oxygen atoms in total. The van der Waals surface area contributed by atoms with Crippen LogP contribution in [0.2, 0.25) is 0 Å². The first-order valence-electron chi connectivity index (χ1n) is 9.47. The second-order valence-electron chi connectivity index (χ2n) is 7.30. The molecule has 1 N–H and O–H groups in total. The van der Waals surface area contributed by atoms with Gasteiger partial charge in [0.25, 0.3) is 11.8 Å². The summed E-state index contributed by atoms with van der Waals surface area (Å²) in [5.74, 6) is 0.572. The summed E-state index contributed by atoms with van der Waals surface area (Å²) in [5, 5.41) is 2.81. The van der Waals surface area contributed by atoms with Crippen molar-refractivity contribution in [3.63, 3.8) is 0 Å². The van der Waals surface area contributed by atoms with E-state index in [-0.39, 0.29) is 11.8 Å². The third-order valence-electron chi connectivity index (χ3n) is 5.68. The van der Waals surface area contributed by atoms with Crippen molar-refractivity contribution < 1.29 is 14.0 Å². The minimum Gasteiger partial charge on any atom is -0.472 e. The molecule has 2 atom stereocenters. The fraction of sp³-hybridized carbons (Fsp3) is 0.429. The van der Waals surface area contributed by atoms with Crippen molar-refractivity contribution in [1.82, 2.24) is 4.90 Å². The predicted octanol–water partition coefficient (Wildman–Crippen LogP) is 4.33. The normalized spacial score (nSPS) is 22.5. The van der Waals surface area contributed by atoms with Crippen LogP contribution in [0.5, 0.6) is 0 Å². The molecule has 4 rings (SSSR count). The summed E-state index contributed by atoms with van der Waals surface area (Å²) >= 11 is 0. The van der Waals surface area contributed by atoms with Gasteiger partial charge in [0.1, 0.15) is 6.26 Å². The number of anilines is 1. The number of nitrogens with zero attached hydrogens (tertiary/aromatic N) is 1. The number of nitrogens with one attached hydrogen (secondary N) is 1. The highest BCUT2D eigenvalue weighted by molar-refractivity contribution is 6.04. The first-order valence-corrected chi connectivity index (χ1v) is 9.47. The zero-order valence-electron chi connectivity index (χ0n) is 14.8. The molecule has 0 unspecified atom stereocenters. The Bertz CT molecular complexity index is 765. The Hall–Kier alpha value is -2.56. The molecule has 1 aromatic carbocycles. The Morgan fingerprint density at radius 3 is 2.50 bits per heavy atom. The number of piperidine rings is 1. The molecule has 1 saturated carbocycles. The number of rotatable bonds is 3. The first-order chi connectivity index (χ1) is 12.7. The Kier molecular flexibility index (Phi) is 4.78. The van der Waals surface area contributed by atoms with Crippen LogP contribution in [0.25, 0.3) is 0 Å². The van der Waals surface area contributed by atoms with E-state index < -0.39 is 0 Å². The summed E-state index contributed by atoms with van der Waals surface area (Å²) < 4.78 is 4.92. The molecule has 136 valence electrons. The van der Waals surface area contributed by atoms with Gasteiger partial charge in [0.15, 0.2) is 0 Å². The van der Waals surface area contributed by atoms with Gasteiger partial charge in [-0.25, -0.2) is 0 Å². The maximum atomic E-state index is 13.0. The smallest absolute Gasteiger partial charge is 0.258 e. The van der Waals surface area contributed by atoms with Crippen LogP contribution in [0.4, 0.5) is 5.69 Å². The van der Waals surface area contributed by atoms with E-state index in [2.05, 4.69) is 10.2 Å². The molecule has 0 spiro atoms. The topological polar surface area (TPSA) is 62.6 Å². The molecule has 1 aromatic heterocycles. The summed E-state index contributed by atoms with van der Waals surface area (Å²) in [6.45, 7) is 0.860. The fourth-order valence-corrected chi connectivity index (χ4v) is 4.34.